The van der Waals surface area contributed by atoms with Crippen LogP contribution in [-0.4, -0.2) is 28.4 Å². The van der Waals surface area contributed by atoms with Gasteiger partial charge in [0, 0.05) is 23.9 Å². The minimum atomic E-state index is -0.537. The molecule has 128 valence electrons. The smallest absolute Gasteiger partial charge is 0.408 e. The Labute approximate surface area is 135 Å². The molecule has 1 aromatic carbocycles. The van der Waals surface area contributed by atoms with Gasteiger partial charge in [0.05, 0.1) is 6.61 Å². The number of nitrogens with one attached hydrogen (secondary N) is 1. The van der Waals surface area contributed by atoms with E-state index in [0.29, 0.717) is 24.2 Å². The molecule has 0 bridgehead atoms. The summed E-state index contributed by atoms with van der Waals surface area (Å²) in [5.41, 5.74) is -0.505. The molecule has 1 fully saturated rings. The van der Waals surface area contributed by atoms with Gasteiger partial charge in [-0.15, -0.1) is 0 Å². The number of aliphatic hydroxyl groups excluding tert-OH is 1. The first-order valence-electron chi connectivity index (χ1n) is 7.67. The molecule has 1 saturated carbocycles. The molecule has 23 heavy (non-hydrogen) atoms. The predicted molar refractivity (Wildman–Crippen MR) is 83.7 cm³/mol. The topological polar surface area (TPSA) is 67.8 Å². The van der Waals surface area contributed by atoms with Gasteiger partial charge < -0.3 is 19.9 Å². The number of hydrogen-bond acceptors (Lipinski definition) is 4. The van der Waals surface area contributed by atoms with E-state index in [-0.39, 0.29) is 18.2 Å². The summed E-state index contributed by atoms with van der Waals surface area (Å²) in [4.78, 5) is 11.8. The Morgan fingerprint density at radius 1 is 1.43 bits per heavy atom. The summed E-state index contributed by atoms with van der Waals surface area (Å²) in [6.07, 6.45) is 0.699. The molecule has 1 aliphatic rings. The van der Waals surface area contributed by atoms with Gasteiger partial charge in [-0.25, -0.2) is 9.18 Å². The normalized spacial score (nSPS) is 23.8. The van der Waals surface area contributed by atoms with Crippen molar-refractivity contribution in [3.05, 3.63) is 29.6 Å². The highest BCUT2D eigenvalue weighted by molar-refractivity contribution is 5.69. The Morgan fingerprint density at radius 2 is 2.09 bits per heavy atom. The van der Waals surface area contributed by atoms with Gasteiger partial charge in [0.1, 0.15) is 23.3 Å². The largest absolute Gasteiger partial charge is 0.490 e. The first-order valence-corrected chi connectivity index (χ1v) is 7.67. The van der Waals surface area contributed by atoms with E-state index in [1.807, 2.05) is 27.7 Å². The lowest BCUT2D eigenvalue weighted by Crippen LogP contribution is -2.59. The third kappa shape index (κ3) is 4.82. The molecule has 1 amide bonds. The van der Waals surface area contributed by atoms with Gasteiger partial charge in [-0.3, -0.25) is 0 Å². The summed E-state index contributed by atoms with van der Waals surface area (Å²) < 4.78 is 24.2. The zero-order valence-corrected chi connectivity index (χ0v) is 14.0. The fourth-order valence-corrected chi connectivity index (χ4v) is 2.65. The predicted octanol–water partition coefficient (Wildman–Crippen LogP) is 3.14. The van der Waals surface area contributed by atoms with Crippen LogP contribution in [0, 0.1) is 5.82 Å². The maximum absolute atomic E-state index is 13.1. The summed E-state index contributed by atoms with van der Waals surface area (Å²) >= 11 is 0. The van der Waals surface area contributed by atoms with E-state index in [1.165, 1.54) is 18.2 Å². The van der Waals surface area contributed by atoms with Gasteiger partial charge in [0.2, 0.25) is 0 Å². The molecule has 0 aromatic heterocycles. The van der Waals surface area contributed by atoms with Crippen molar-refractivity contribution in [2.75, 3.05) is 0 Å². The van der Waals surface area contributed by atoms with Crippen molar-refractivity contribution in [2.45, 2.75) is 64.4 Å². The number of halogens is 1. The molecule has 0 radical (unpaired) electrons. The highest BCUT2D eigenvalue weighted by atomic mass is 19.1. The van der Waals surface area contributed by atoms with Crippen LogP contribution in [0.15, 0.2) is 18.2 Å². The lowest BCUT2D eigenvalue weighted by Gasteiger charge is -2.45. The Bertz CT molecular complexity index is 576. The van der Waals surface area contributed by atoms with Crippen LogP contribution in [0.25, 0.3) is 0 Å². The van der Waals surface area contributed by atoms with Crippen molar-refractivity contribution in [2.24, 2.45) is 0 Å². The number of benzene rings is 1. The van der Waals surface area contributed by atoms with E-state index in [4.69, 9.17) is 9.47 Å². The lowest BCUT2D eigenvalue weighted by atomic mass is 9.76. The number of carbonyl (C=O) groups excluding carboxylic acids is 1. The molecule has 1 aromatic rings. The summed E-state index contributed by atoms with van der Waals surface area (Å²) in [6, 6.07) is 4.06. The second kappa shape index (κ2) is 6.35. The molecule has 1 aliphatic carbocycles. The maximum Gasteiger partial charge on any atom is 0.408 e. The van der Waals surface area contributed by atoms with Crippen LogP contribution in [0.1, 0.15) is 46.1 Å². The van der Waals surface area contributed by atoms with Crippen LogP contribution in [0.2, 0.25) is 0 Å². The van der Waals surface area contributed by atoms with E-state index in [2.05, 4.69) is 5.32 Å². The second-order valence-corrected chi connectivity index (χ2v) is 7.25. The minimum absolute atomic E-state index is 0.0919. The fourth-order valence-electron chi connectivity index (χ4n) is 2.65. The number of alkyl carbamates (subject to hydrolysis) is 1. The number of ether oxygens (including phenoxy) is 2. The van der Waals surface area contributed by atoms with Gasteiger partial charge in [0.25, 0.3) is 0 Å². The third-order valence-corrected chi connectivity index (χ3v) is 3.65. The molecule has 2 N–H and O–H groups in total. The van der Waals surface area contributed by atoms with Crippen LogP contribution >= 0.6 is 0 Å². The van der Waals surface area contributed by atoms with Gasteiger partial charge in [-0.1, -0.05) is 0 Å². The Balaban J connectivity index is 1.88. The molecule has 2 rings (SSSR count). The van der Waals surface area contributed by atoms with E-state index >= 15 is 0 Å². The van der Waals surface area contributed by atoms with Crippen molar-refractivity contribution in [1.29, 1.82) is 0 Å². The van der Waals surface area contributed by atoms with E-state index < -0.39 is 17.5 Å². The first-order chi connectivity index (χ1) is 10.6. The molecule has 0 aliphatic heterocycles. The van der Waals surface area contributed by atoms with Crippen LogP contribution in [0.5, 0.6) is 5.75 Å². The molecular weight excluding hydrogens is 301 g/mol. The van der Waals surface area contributed by atoms with Crippen LogP contribution in [0.3, 0.4) is 0 Å². The number of rotatable bonds is 4. The summed E-state index contributed by atoms with van der Waals surface area (Å²) in [7, 11) is 0. The van der Waals surface area contributed by atoms with E-state index in [9.17, 15) is 14.3 Å². The summed E-state index contributed by atoms with van der Waals surface area (Å²) in [5, 5.41) is 12.1. The van der Waals surface area contributed by atoms with Crippen LogP contribution in [0.4, 0.5) is 9.18 Å². The van der Waals surface area contributed by atoms with Crippen LogP contribution in [-0.2, 0) is 11.3 Å². The monoisotopic (exact) mass is 325 g/mol. The van der Waals surface area contributed by atoms with Crippen molar-refractivity contribution in [3.63, 3.8) is 0 Å². The molecule has 5 nitrogen and oxygen atoms in total. The average molecular weight is 325 g/mol. The van der Waals surface area contributed by atoms with Gasteiger partial charge in [-0.2, -0.15) is 0 Å². The van der Waals surface area contributed by atoms with Gasteiger partial charge >= 0.3 is 6.09 Å². The molecule has 0 saturated heterocycles. The Hall–Kier alpha value is -1.82. The van der Waals surface area contributed by atoms with Crippen molar-refractivity contribution < 1.29 is 23.8 Å². The number of hydrogen-bond donors (Lipinski definition) is 2. The van der Waals surface area contributed by atoms with Crippen molar-refractivity contribution in [1.82, 2.24) is 5.32 Å². The first kappa shape index (κ1) is 17.5. The van der Waals surface area contributed by atoms with E-state index in [0.717, 1.165) is 0 Å². The molecule has 0 spiro atoms. The highest BCUT2D eigenvalue weighted by Crippen LogP contribution is 2.36. The van der Waals surface area contributed by atoms with E-state index in [1.54, 1.807) is 0 Å². The highest BCUT2D eigenvalue weighted by Gasteiger charge is 2.44. The Morgan fingerprint density at radius 3 is 2.65 bits per heavy atom. The van der Waals surface area contributed by atoms with Crippen molar-refractivity contribution >= 4 is 6.09 Å². The zero-order chi connectivity index (χ0) is 17.3. The molecule has 0 unspecified atom stereocenters. The molecule has 0 atom stereocenters. The average Bonchev–Trinajstić information content (AvgIpc) is 2.36. The molecule has 0 heterocycles. The summed E-state index contributed by atoms with van der Waals surface area (Å²) in [5.74, 6) is 0.0599. The second-order valence-electron chi connectivity index (χ2n) is 7.25. The fraction of sp³-hybridized carbons (Fsp3) is 0.588. The van der Waals surface area contributed by atoms with Crippen molar-refractivity contribution in [3.8, 4) is 5.75 Å². The SMILES string of the molecule is CC(C)(C)OC(=O)N[C@]1(C)C[C@H](Oc2ccc(F)cc2CO)C1. The number of amides is 1. The van der Waals surface area contributed by atoms with Gasteiger partial charge in [-0.05, 0) is 45.9 Å². The standard InChI is InChI=1S/C17H24FNO4/c1-16(2,3)23-15(21)19-17(4)8-13(9-17)22-14-6-5-12(18)7-11(14)10-20/h5-7,13,20H,8-10H2,1-4H3,(H,19,21)/t13-,17+. The lowest BCUT2D eigenvalue weighted by molar-refractivity contribution is 0.00841. The quantitative estimate of drug-likeness (QED) is 0.892. The Kier molecular flexibility index (Phi) is 4.84. The zero-order valence-electron chi connectivity index (χ0n) is 14.0. The number of carbonyl (C=O) groups is 1. The molecular formula is C17H24FNO4. The molecule has 6 heteroatoms. The number of aliphatic hydroxyl groups is 1. The third-order valence-electron chi connectivity index (χ3n) is 3.65. The maximum atomic E-state index is 13.1. The summed E-state index contributed by atoms with van der Waals surface area (Å²) in [6.45, 7) is 7.08. The van der Waals surface area contributed by atoms with Crippen LogP contribution < -0.4 is 10.1 Å². The minimum Gasteiger partial charge on any atom is -0.490 e. The van der Waals surface area contributed by atoms with Gasteiger partial charge in [0.15, 0.2) is 0 Å².